The van der Waals surface area contributed by atoms with Crippen LogP contribution in [0.5, 0.6) is 0 Å². The molecule has 1 aliphatic carbocycles. The number of halogens is 1. The first kappa shape index (κ1) is 13.9. The van der Waals surface area contributed by atoms with Crippen molar-refractivity contribution in [3.63, 3.8) is 0 Å². The van der Waals surface area contributed by atoms with Crippen molar-refractivity contribution in [2.24, 2.45) is 5.92 Å². The molecule has 3 atom stereocenters. The first-order valence-electron chi connectivity index (χ1n) is 7.41. The van der Waals surface area contributed by atoms with Gasteiger partial charge in [-0.15, -0.1) is 11.3 Å². The third-order valence-electron chi connectivity index (χ3n) is 4.46. The standard InChI is InChI=1S/C15H22ClNOS/c1-2-13-10(6-7-18-13)9-17-12-4-3-5-14-11(12)8-15(16)19-14/h8,10,12-13,17H,2-7,9H2,1H3. The summed E-state index contributed by atoms with van der Waals surface area (Å²) in [6.45, 7) is 4.24. The molecule has 19 heavy (non-hydrogen) atoms. The van der Waals surface area contributed by atoms with Gasteiger partial charge in [-0.25, -0.2) is 0 Å². The average Bonchev–Trinajstić information content (AvgIpc) is 3.00. The van der Waals surface area contributed by atoms with Crippen LogP contribution in [0.1, 0.15) is 49.1 Å². The second kappa shape index (κ2) is 6.13. The van der Waals surface area contributed by atoms with Crippen molar-refractivity contribution in [2.75, 3.05) is 13.2 Å². The van der Waals surface area contributed by atoms with Gasteiger partial charge in [0.15, 0.2) is 0 Å². The van der Waals surface area contributed by atoms with Crippen molar-refractivity contribution in [2.45, 2.75) is 51.2 Å². The zero-order chi connectivity index (χ0) is 13.2. The summed E-state index contributed by atoms with van der Waals surface area (Å²) in [5.41, 5.74) is 1.45. The van der Waals surface area contributed by atoms with E-state index in [0.29, 0.717) is 18.1 Å². The Morgan fingerprint density at radius 1 is 1.47 bits per heavy atom. The van der Waals surface area contributed by atoms with Crippen LogP contribution in [0.2, 0.25) is 4.34 Å². The predicted octanol–water partition coefficient (Wildman–Crippen LogP) is 4.18. The van der Waals surface area contributed by atoms with Gasteiger partial charge >= 0.3 is 0 Å². The molecule has 1 aromatic heterocycles. The summed E-state index contributed by atoms with van der Waals surface area (Å²) < 4.78 is 6.71. The molecule has 0 aromatic carbocycles. The van der Waals surface area contributed by atoms with Crippen LogP contribution in [0.15, 0.2) is 6.07 Å². The summed E-state index contributed by atoms with van der Waals surface area (Å²) in [6.07, 6.45) is 6.52. The zero-order valence-electron chi connectivity index (χ0n) is 11.5. The van der Waals surface area contributed by atoms with Gasteiger partial charge in [-0.2, -0.15) is 0 Å². The molecule has 0 spiro atoms. The fraction of sp³-hybridized carbons (Fsp3) is 0.733. The quantitative estimate of drug-likeness (QED) is 0.900. The number of aryl methyl sites for hydroxylation is 1. The summed E-state index contributed by atoms with van der Waals surface area (Å²) in [4.78, 5) is 1.49. The van der Waals surface area contributed by atoms with Gasteiger partial charge in [0, 0.05) is 24.1 Å². The number of ether oxygens (including phenoxy) is 1. The Kier molecular flexibility index (Phi) is 4.47. The number of nitrogens with one attached hydrogen (secondary N) is 1. The fourth-order valence-corrected chi connectivity index (χ4v) is 4.79. The molecule has 2 heterocycles. The van der Waals surface area contributed by atoms with Crippen LogP contribution in [-0.4, -0.2) is 19.3 Å². The Labute approximate surface area is 124 Å². The lowest BCUT2D eigenvalue weighted by Crippen LogP contribution is -2.32. The van der Waals surface area contributed by atoms with Crippen LogP contribution >= 0.6 is 22.9 Å². The molecule has 1 N–H and O–H groups in total. The smallest absolute Gasteiger partial charge is 0.0934 e. The highest BCUT2D eigenvalue weighted by molar-refractivity contribution is 7.16. The van der Waals surface area contributed by atoms with E-state index >= 15 is 0 Å². The number of rotatable bonds is 4. The third kappa shape index (κ3) is 2.99. The predicted molar refractivity (Wildman–Crippen MR) is 81.1 cm³/mol. The molecule has 3 unspecified atom stereocenters. The van der Waals surface area contributed by atoms with Crippen LogP contribution in [0.4, 0.5) is 0 Å². The molecule has 0 bridgehead atoms. The maximum Gasteiger partial charge on any atom is 0.0934 e. The molecule has 3 rings (SSSR count). The summed E-state index contributed by atoms with van der Waals surface area (Å²) in [5.74, 6) is 0.685. The summed E-state index contributed by atoms with van der Waals surface area (Å²) in [7, 11) is 0. The Balaban J connectivity index is 1.61. The summed E-state index contributed by atoms with van der Waals surface area (Å²) in [6, 6.07) is 2.67. The summed E-state index contributed by atoms with van der Waals surface area (Å²) >= 11 is 7.92. The lowest BCUT2D eigenvalue weighted by Gasteiger charge is -2.26. The van der Waals surface area contributed by atoms with Crippen LogP contribution in [0, 0.1) is 5.92 Å². The maximum atomic E-state index is 6.16. The van der Waals surface area contributed by atoms with E-state index in [9.17, 15) is 0 Å². The first-order chi connectivity index (χ1) is 9.28. The SMILES string of the molecule is CCC1OCCC1CNC1CCCc2sc(Cl)cc21. The van der Waals surface area contributed by atoms with Crippen molar-refractivity contribution in [1.29, 1.82) is 0 Å². The van der Waals surface area contributed by atoms with E-state index in [4.69, 9.17) is 16.3 Å². The molecule has 0 amide bonds. The monoisotopic (exact) mass is 299 g/mol. The van der Waals surface area contributed by atoms with Crippen LogP contribution in [0.25, 0.3) is 0 Å². The lowest BCUT2D eigenvalue weighted by molar-refractivity contribution is 0.0864. The van der Waals surface area contributed by atoms with Crippen molar-refractivity contribution < 1.29 is 4.74 Å². The minimum Gasteiger partial charge on any atom is -0.378 e. The van der Waals surface area contributed by atoms with Gasteiger partial charge in [0.1, 0.15) is 0 Å². The Morgan fingerprint density at radius 3 is 3.21 bits per heavy atom. The highest BCUT2D eigenvalue weighted by Gasteiger charge is 2.28. The van der Waals surface area contributed by atoms with E-state index in [-0.39, 0.29) is 0 Å². The van der Waals surface area contributed by atoms with Gasteiger partial charge in [0.25, 0.3) is 0 Å². The molecule has 1 saturated heterocycles. The third-order valence-corrected chi connectivity index (χ3v) is 5.80. The van der Waals surface area contributed by atoms with Crippen molar-refractivity contribution in [3.05, 3.63) is 20.8 Å². The molecule has 1 aliphatic heterocycles. The topological polar surface area (TPSA) is 21.3 Å². The lowest BCUT2D eigenvalue weighted by atomic mass is 9.92. The molecule has 1 fully saturated rings. The second-order valence-corrected chi connectivity index (χ2v) is 7.42. The molecule has 106 valence electrons. The minimum absolute atomic E-state index is 0.460. The molecular formula is C15H22ClNOS. The molecule has 2 nitrogen and oxygen atoms in total. The molecule has 4 heteroatoms. The fourth-order valence-electron chi connectivity index (χ4n) is 3.40. The molecular weight excluding hydrogens is 278 g/mol. The Hall–Kier alpha value is -0.0900. The van der Waals surface area contributed by atoms with Gasteiger partial charge in [-0.05, 0) is 49.7 Å². The maximum absolute atomic E-state index is 6.16. The van der Waals surface area contributed by atoms with Crippen molar-refractivity contribution in [1.82, 2.24) is 5.32 Å². The van der Waals surface area contributed by atoms with Crippen molar-refractivity contribution in [3.8, 4) is 0 Å². The van der Waals surface area contributed by atoms with Gasteiger partial charge in [0.05, 0.1) is 10.4 Å². The highest BCUT2D eigenvalue weighted by Crippen LogP contribution is 2.38. The summed E-state index contributed by atoms with van der Waals surface area (Å²) in [5, 5.41) is 3.77. The highest BCUT2D eigenvalue weighted by atomic mass is 35.5. The Bertz CT molecular complexity index is 434. The minimum atomic E-state index is 0.460. The van der Waals surface area contributed by atoms with E-state index in [1.807, 2.05) is 0 Å². The van der Waals surface area contributed by atoms with E-state index in [2.05, 4.69) is 18.3 Å². The molecule has 2 aliphatic rings. The normalized spacial score (nSPS) is 30.5. The number of fused-ring (bicyclic) bond motifs is 1. The number of hydrogen-bond donors (Lipinski definition) is 1. The van der Waals surface area contributed by atoms with Crippen LogP contribution in [0.3, 0.4) is 0 Å². The largest absolute Gasteiger partial charge is 0.378 e. The molecule has 0 saturated carbocycles. The van der Waals surface area contributed by atoms with Gasteiger partial charge in [-0.3, -0.25) is 0 Å². The van der Waals surface area contributed by atoms with Gasteiger partial charge in [-0.1, -0.05) is 18.5 Å². The van der Waals surface area contributed by atoms with Crippen molar-refractivity contribution >= 4 is 22.9 Å². The average molecular weight is 300 g/mol. The van der Waals surface area contributed by atoms with E-state index in [1.54, 1.807) is 11.3 Å². The van der Waals surface area contributed by atoms with E-state index in [1.165, 1.54) is 36.1 Å². The molecule has 0 radical (unpaired) electrons. The zero-order valence-corrected chi connectivity index (χ0v) is 13.0. The Morgan fingerprint density at radius 2 is 2.37 bits per heavy atom. The number of thiophene rings is 1. The van der Waals surface area contributed by atoms with E-state index in [0.717, 1.165) is 23.9 Å². The molecule has 1 aromatic rings. The van der Waals surface area contributed by atoms with Crippen LogP contribution < -0.4 is 5.32 Å². The van der Waals surface area contributed by atoms with Gasteiger partial charge < -0.3 is 10.1 Å². The first-order valence-corrected chi connectivity index (χ1v) is 8.60. The van der Waals surface area contributed by atoms with Crippen LogP contribution in [-0.2, 0) is 11.2 Å². The second-order valence-electron chi connectivity index (χ2n) is 5.65. The van der Waals surface area contributed by atoms with E-state index < -0.39 is 0 Å². The van der Waals surface area contributed by atoms with Gasteiger partial charge in [0.2, 0.25) is 0 Å². The number of hydrogen-bond acceptors (Lipinski definition) is 3.